The van der Waals surface area contributed by atoms with Crippen LogP contribution in [0.25, 0.3) is 6.08 Å². The lowest BCUT2D eigenvalue weighted by Gasteiger charge is -2.33. The second-order valence-corrected chi connectivity index (χ2v) is 6.73. The fraction of sp³-hybridized carbons (Fsp3) is 0.400. The Labute approximate surface area is 149 Å². The second-order valence-electron chi connectivity index (χ2n) is 6.73. The van der Waals surface area contributed by atoms with E-state index >= 15 is 0 Å². The van der Waals surface area contributed by atoms with Gasteiger partial charge in [-0.05, 0) is 25.3 Å². The molecule has 1 saturated heterocycles. The molecule has 1 unspecified atom stereocenters. The van der Waals surface area contributed by atoms with Crippen molar-refractivity contribution in [3.05, 3.63) is 64.2 Å². The van der Waals surface area contributed by atoms with Crippen molar-refractivity contribution in [2.24, 2.45) is 7.05 Å². The van der Waals surface area contributed by atoms with E-state index in [0.717, 1.165) is 32.5 Å². The molecule has 0 amide bonds. The van der Waals surface area contributed by atoms with Crippen molar-refractivity contribution < 1.29 is 0 Å². The van der Waals surface area contributed by atoms with E-state index in [1.807, 2.05) is 6.07 Å². The third-order valence-corrected chi connectivity index (χ3v) is 4.60. The van der Waals surface area contributed by atoms with Gasteiger partial charge in [0.15, 0.2) is 5.82 Å². The van der Waals surface area contributed by atoms with Crippen LogP contribution in [0.15, 0.2) is 53.1 Å². The minimum Gasteiger partial charge on any atom is -0.350 e. The van der Waals surface area contributed by atoms with Crippen molar-refractivity contribution in [2.45, 2.75) is 25.8 Å². The summed E-state index contributed by atoms with van der Waals surface area (Å²) in [5.41, 5.74) is 2.50. The molecule has 0 radical (unpaired) electrons. The monoisotopic (exact) mass is 338 g/mol. The van der Waals surface area contributed by atoms with E-state index in [-0.39, 0.29) is 5.56 Å². The molecule has 1 fully saturated rings. The first kappa shape index (κ1) is 17.4. The predicted molar refractivity (Wildman–Crippen MR) is 103 cm³/mol. The number of benzene rings is 1. The predicted octanol–water partition coefficient (Wildman–Crippen LogP) is 2.44. The normalized spacial score (nSPS) is 18.4. The van der Waals surface area contributed by atoms with Gasteiger partial charge in [0.2, 0.25) is 0 Å². The maximum Gasteiger partial charge on any atom is 0.293 e. The highest BCUT2D eigenvalue weighted by molar-refractivity contribution is 5.52. The highest BCUT2D eigenvalue weighted by Crippen LogP contribution is 2.15. The van der Waals surface area contributed by atoms with E-state index in [1.54, 1.807) is 24.0 Å². The quantitative estimate of drug-likeness (QED) is 0.910. The number of nitrogens with zero attached hydrogens (tertiary/aromatic N) is 3. The van der Waals surface area contributed by atoms with Crippen molar-refractivity contribution in [1.82, 2.24) is 14.9 Å². The summed E-state index contributed by atoms with van der Waals surface area (Å²) in [6, 6.07) is 10.7. The number of rotatable bonds is 5. The maximum atomic E-state index is 12.3. The Kier molecular flexibility index (Phi) is 5.66. The van der Waals surface area contributed by atoms with Crippen molar-refractivity contribution in [1.29, 1.82) is 0 Å². The molecular weight excluding hydrogens is 312 g/mol. The van der Waals surface area contributed by atoms with E-state index in [0.29, 0.717) is 11.9 Å². The molecular formula is C20H26N4O. The van der Waals surface area contributed by atoms with Gasteiger partial charge in [0.1, 0.15) is 0 Å². The third-order valence-electron chi connectivity index (χ3n) is 4.60. The molecule has 5 nitrogen and oxygen atoms in total. The van der Waals surface area contributed by atoms with Crippen LogP contribution in [0, 0.1) is 0 Å². The molecule has 2 aromatic rings. The summed E-state index contributed by atoms with van der Waals surface area (Å²) in [4.78, 5) is 18.7. The molecule has 3 rings (SSSR count). The van der Waals surface area contributed by atoms with Gasteiger partial charge in [0, 0.05) is 45.1 Å². The summed E-state index contributed by atoms with van der Waals surface area (Å²) in [5.74, 6) is 0.563. The zero-order valence-electron chi connectivity index (χ0n) is 15.0. The first-order valence-corrected chi connectivity index (χ1v) is 8.85. The number of nitrogens with one attached hydrogen (secondary N) is 1. The van der Waals surface area contributed by atoms with E-state index in [1.165, 1.54) is 11.1 Å². The summed E-state index contributed by atoms with van der Waals surface area (Å²) in [6.45, 7) is 4.72. The minimum absolute atomic E-state index is 0.0247. The molecule has 1 aliphatic heterocycles. The summed E-state index contributed by atoms with van der Waals surface area (Å²) < 4.78 is 1.59. The smallest absolute Gasteiger partial charge is 0.293 e. The van der Waals surface area contributed by atoms with Crippen molar-refractivity contribution in [3.63, 3.8) is 0 Å². The largest absolute Gasteiger partial charge is 0.350 e. The lowest BCUT2D eigenvalue weighted by atomic mass is 10.0. The topological polar surface area (TPSA) is 50.2 Å². The lowest BCUT2D eigenvalue weighted by molar-refractivity contribution is 0.432. The van der Waals surface area contributed by atoms with Gasteiger partial charge < -0.3 is 14.8 Å². The first-order valence-electron chi connectivity index (χ1n) is 8.85. The Balaban J connectivity index is 1.59. The number of anilines is 1. The van der Waals surface area contributed by atoms with E-state index in [2.05, 4.69) is 52.5 Å². The van der Waals surface area contributed by atoms with Crippen LogP contribution in [0.4, 0.5) is 5.82 Å². The van der Waals surface area contributed by atoms with Gasteiger partial charge >= 0.3 is 0 Å². The molecule has 0 spiro atoms. The molecule has 2 heterocycles. The van der Waals surface area contributed by atoms with Crippen molar-refractivity contribution in [2.75, 3.05) is 24.5 Å². The van der Waals surface area contributed by atoms with Gasteiger partial charge in [0.05, 0.1) is 0 Å². The van der Waals surface area contributed by atoms with Crippen LogP contribution in [-0.4, -0.2) is 35.2 Å². The Morgan fingerprint density at radius 3 is 2.96 bits per heavy atom. The number of aromatic nitrogens is 2. The Bertz CT molecular complexity index is 782. The van der Waals surface area contributed by atoms with Crippen LogP contribution in [0.1, 0.15) is 25.3 Å². The van der Waals surface area contributed by atoms with Crippen molar-refractivity contribution in [3.8, 4) is 0 Å². The molecule has 0 aliphatic carbocycles. The second kappa shape index (κ2) is 8.12. The maximum absolute atomic E-state index is 12.3. The van der Waals surface area contributed by atoms with Gasteiger partial charge in [-0.1, -0.05) is 42.0 Å². The van der Waals surface area contributed by atoms with Crippen molar-refractivity contribution >= 4 is 11.9 Å². The summed E-state index contributed by atoms with van der Waals surface area (Å²) in [7, 11) is 1.77. The van der Waals surface area contributed by atoms with E-state index in [9.17, 15) is 4.79 Å². The molecule has 25 heavy (non-hydrogen) atoms. The van der Waals surface area contributed by atoms with Gasteiger partial charge in [-0.25, -0.2) is 4.98 Å². The third kappa shape index (κ3) is 4.57. The van der Waals surface area contributed by atoms with Crippen LogP contribution < -0.4 is 15.8 Å². The van der Waals surface area contributed by atoms with Gasteiger partial charge in [-0.3, -0.25) is 4.79 Å². The Morgan fingerprint density at radius 2 is 2.16 bits per heavy atom. The molecule has 0 saturated carbocycles. The Hall–Kier alpha value is -2.40. The molecule has 132 valence electrons. The fourth-order valence-electron chi connectivity index (χ4n) is 3.23. The molecule has 1 atom stereocenters. The highest BCUT2D eigenvalue weighted by Gasteiger charge is 2.22. The number of aryl methyl sites for hydroxylation is 1. The zero-order valence-corrected chi connectivity index (χ0v) is 15.0. The van der Waals surface area contributed by atoms with E-state index in [4.69, 9.17) is 0 Å². The fourth-order valence-corrected chi connectivity index (χ4v) is 3.23. The standard InChI is InChI=1S/C20H26N4O/c1-16(13-17-7-4-3-5-8-17)14-22-18-9-6-11-24(15-18)19-20(25)23(2)12-10-21-19/h3-5,7-8,10,12-13,18,22H,6,9,11,14-15H2,1-2H3/b16-13+. The molecule has 1 N–H and O–H groups in total. The van der Waals surface area contributed by atoms with Crippen LogP contribution in [0.2, 0.25) is 0 Å². The van der Waals surface area contributed by atoms with Gasteiger partial charge in [-0.2, -0.15) is 0 Å². The number of hydrogen-bond acceptors (Lipinski definition) is 4. The molecule has 1 aromatic heterocycles. The molecule has 1 aromatic carbocycles. The van der Waals surface area contributed by atoms with Gasteiger partial charge in [-0.15, -0.1) is 0 Å². The zero-order chi connectivity index (χ0) is 17.6. The van der Waals surface area contributed by atoms with E-state index < -0.39 is 0 Å². The molecule has 5 heteroatoms. The van der Waals surface area contributed by atoms with Gasteiger partial charge in [0.25, 0.3) is 5.56 Å². The average Bonchev–Trinajstić information content (AvgIpc) is 2.63. The minimum atomic E-state index is -0.0247. The number of hydrogen-bond donors (Lipinski definition) is 1. The first-order chi connectivity index (χ1) is 12.1. The summed E-state index contributed by atoms with van der Waals surface area (Å²) in [5, 5.41) is 3.63. The van der Waals surface area contributed by atoms with Crippen LogP contribution >= 0.6 is 0 Å². The SMILES string of the molecule is C/C(=C\c1ccccc1)CNC1CCCN(c2nccn(C)c2=O)C1. The average molecular weight is 338 g/mol. The summed E-state index contributed by atoms with van der Waals surface area (Å²) >= 11 is 0. The highest BCUT2D eigenvalue weighted by atomic mass is 16.1. The number of piperidine rings is 1. The summed E-state index contributed by atoms with van der Waals surface area (Å²) in [6.07, 6.45) is 7.80. The molecule has 1 aliphatic rings. The van der Waals surface area contributed by atoms with Crippen LogP contribution in [0.3, 0.4) is 0 Å². The van der Waals surface area contributed by atoms with Crippen LogP contribution in [0.5, 0.6) is 0 Å². The van der Waals surface area contributed by atoms with Crippen LogP contribution in [-0.2, 0) is 7.05 Å². The Morgan fingerprint density at radius 1 is 1.36 bits per heavy atom. The lowest BCUT2D eigenvalue weighted by Crippen LogP contribution is -2.48. The molecule has 0 bridgehead atoms.